The Morgan fingerprint density at radius 3 is 2.39 bits per heavy atom. The monoisotopic (exact) mass is 403 g/mol. The highest BCUT2D eigenvalue weighted by Crippen LogP contribution is 2.29. The first-order valence-corrected chi connectivity index (χ1v) is 10.3. The van der Waals surface area contributed by atoms with Crippen molar-refractivity contribution in [3.05, 3.63) is 65.7 Å². The van der Waals surface area contributed by atoms with Gasteiger partial charge in [-0.2, -0.15) is 0 Å². The van der Waals surface area contributed by atoms with Crippen LogP contribution in [0.2, 0.25) is 0 Å². The maximum atomic E-state index is 13.0. The number of benzene rings is 2. The van der Waals surface area contributed by atoms with Crippen molar-refractivity contribution in [3.63, 3.8) is 0 Å². The van der Waals surface area contributed by atoms with E-state index >= 15 is 0 Å². The summed E-state index contributed by atoms with van der Waals surface area (Å²) in [6, 6.07) is 13.2. The van der Waals surface area contributed by atoms with Crippen molar-refractivity contribution < 1.29 is 27.9 Å². The Labute approximate surface area is 163 Å². The van der Waals surface area contributed by atoms with E-state index in [1.165, 1.54) is 12.1 Å². The zero-order valence-corrected chi connectivity index (χ0v) is 16.1. The van der Waals surface area contributed by atoms with Gasteiger partial charge in [0.1, 0.15) is 12.1 Å². The second-order valence-corrected chi connectivity index (χ2v) is 8.42. The Morgan fingerprint density at radius 1 is 1.14 bits per heavy atom. The minimum Gasteiger partial charge on any atom is -0.456 e. The average Bonchev–Trinajstić information content (AvgIpc) is 2.69. The SMILES string of the molecule is Cc1ccc(S(=O)(=O)N2C(=O)CC[C@H](OC(=O)c3ccccc3)[C@@H]2CO)cc1. The van der Waals surface area contributed by atoms with Gasteiger partial charge in [-0.1, -0.05) is 35.9 Å². The largest absolute Gasteiger partial charge is 0.456 e. The standard InChI is InChI=1S/C20H21NO6S/c1-14-7-9-16(10-8-14)28(25,26)21-17(13-22)18(11-12-19(21)23)27-20(24)15-5-3-2-4-6-15/h2-10,17-18,22H,11-13H2,1H3/t17-,18-/m0/s1. The van der Waals surface area contributed by atoms with Crippen molar-refractivity contribution >= 4 is 21.9 Å². The van der Waals surface area contributed by atoms with Crippen LogP contribution >= 0.6 is 0 Å². The number of nitrogens with zero attached hydrogens (tertiary/aromatic N) is 1. The molecule has 0 radical (unpaired) electrons. The molecule has 1 aliphatic heterocycles. The molecule has 2 aromatic rings. The van der Waals surface area contributed by atoms with Crippen LogP contribution in [0.3, 0.4) is 0 Å². The van der Waals surface area contributed by atoms with Crippen LogP contribution in [0.1, 0.15) is 28.8 Å². The molecule has 8 heteroatoms. The molecule has 0 saturated carbocycles. The molecule has 1 saturated heterocycles. The van der Waals surface area contributed by atoms with Crippen molar-refractivity contribution in [2.24, 2.45) is 0 Å². The van der Waals surface area contributed by atoms with Crippen molar-refractivity contribution in [2.75, 3.05) is 6.61 Å². The summed E-state index contributed by atoms with van der Waals surface area (Å²) >= 11 is 0. The lowest BCUT2D eigenvalue weighted by Crippen LogP contribution is -2.56. The summed E-state index contributed by atoms with van der Waals surface area (Å²) in [6.45, 7) is 1.17. The number of rotatable bonds is 5. The molecular weight excluding hydrogens is 382 g/mol. The lowest BCUT2D eigenvalue weighted by molar-refractivity contribution is -0.136. The molecule has 28 heavy (non-hydrogen) atoms. The van der Waals surface area contributed by atoms with Gasteiger partial charge in [0.05, 0.1) is 17.1 Å². The number of aliphatic hydroxyl groups is 1. The topological polar surface area (TPSA) is 101 Å². The molecule has 2 aromatic carbocycles. The number of piperidine rings is 1. The summed E-state index contributed by atoms with van der Waals surface area (Å²) in [6.07, 6.45) is -0.896. The van der Waals surface area contributed by atoms with Gasteiger partial charge in [0.15, 0.2) is 0 Å². The van der Waals surface area contributed by atoms with Crippen LogP contribution in [0.15, 0.2) is 59.5 Å². The minimum absolute atomic E-state index is 0.0556. The van der Waals surface area contributed by atoms with E-state index in [9.17, 15) is 23.1 Å². The number of carbonyl (C=O) groups is 2. The van der Waals surface area contributed by atoms with Crippen LogP contribution < -0.4 is 0 Å². The Bertz CT molecular complexity index is 956. The molecule has 1 N–H and O–H groups in total. The first-order chi connectivity index (χ1) is 13.3. The van der Waals surface area contributed by atoms with E-state index in [0.29, 0.717) is 9.87 Å². The second-order valence-electron chi connectivity index (χ2n) is 6.61. The molecule has 1 heterocycles. The van der Waals surface area contributed by atoms with Crippen LogP contribution in [-0.2, 0) is 19.6 Å². The Kier molecular flexibility index (Phi) is 5.81. The van der Waals surface area contributed by atoms with Crippen LogP contribution in [0, 0.1) is 6.92 Å². The molecule has 148 valence electrons. The highest BCUT2D eigenvalue weighted by Gasteiger charge is 2.44. The van der Waals surface area contributed by atoms with E-state index in [4.69, 9.17) is 4.74 Å². The molecule has 3 rings (SSSR count). The molecule has 0 spiro atoms. The fraction of sp³-hybridized carbons (Fsp3) is 0.300. The van der Waals surface area contributed by atoms with Gasteiger partial charge in [-0.15, -0.1) is 0 Å². The zero-order valence-electron chi connectivity index (χ0n) is 15.3. The normalized spacial score (nSPS) is 20.1. The molecule has 0 aromatic heterocycles. The molecule has 1 aliphatic rings. The maximum absolute atomic E-state index is 13.0. The number of aliphatic hydroxyl groups excluding tert-OH is 1. The summed E-state index contributed by atoms with van der Waals surface area (Å²) in [5.74, 6) is -1.27. The number of hydrogen-bond acceptors (Lipinski definition) is 6. The first-order valence-electron chi connectivity index (χ1n) is 8.85. The molecule has 1 amide bonds. The molecule has 7 nitrogen and oxygen atoms in total. The molecular formula is C20H21NO6S. The van der Waals surface area contributed by atoms with E-state index in [2.05, 4.69) is 0 Å². The van der Waals surface area contributed by atoms with E-state index in [1.807, 2.05) is 6.92 Å². The predicted molar refractivity (Wildman–Crippen MR) is 101 cm³/mol. The predicted octanol–water partition coefficient (Wildman–Crippen LogP) is 1.89. The van der Waals surface area contributed by atoms with Gasteiger partial charge < -0.3 is 9.84 Å². The molecule has 1 fully saturated rings. The number of amides is 1. The quantitative estimate of drug-likeness (QED) is 0.765. The van der Waals surface area contributed by atoms with Crippen molar-refractivity contribution in [1.29, 1.82) is 0 Å². The lowest BCUT2D eigenvalue weighted by Gasteiger charge is -2.38. The van der Waals surface area contributed by atoms with Gasteiger partial charge >= 0.3 is 5.97 Å². The van der Waals surface area contributed by atoms with E-state index < -0.39 is 40.7 Å². The number of ether oxygens (including phenoxy) is 1. The third-order valence-corrected chi connectivity index (χ3v) is 6.51. The molecule has 0 aliphatic carbocycles. The van der Waals surface area contributed by atoms with Gasteiger partial charge in [0, 0.05) is 6.42 Å². The van der Waals surface area contributed by atoms with E-state index in [-0.39, 0.29) is 17.7 Å². The van der Waals surface area contributed by atoms with E-state index in [1.54, 1.807) is 42.5 Å². The number of aryl methyl sites for hydroxylation is 1. The van der Waals surface area contributed by atoms with Gasteiger partial charge in [-0.05, 0) is 37.6 Å². The lowest BCUT2D eigenvalue weighted by atomic mass is 10.0. The first kappa shape index (κ1) is 20.0. The summed E-state index contributed by atoms with van der Waals surface area (Å²) < 4.78 is 32.2. The fourth-order valence-electron chi connectivity index (χ4n) is 3.15. The zero-order chi connectivity index (χ0) is 20.3. The number of carbonyl (C=O) groups excluding carboxylic acids is 2. The van der Waals surface area contributed by atoms with Crippen LogP contribution in [0.5, 0.6) is 0 Å². The second kappa shape index (κ2) is 8.12. The van der Waals surface area contributed by atoms with Gasteiger partial charge in [-0.3, -0.25) is 4.79 Å². The van der Waals surface area contributed by atoms with Crippen LogP contribution in [0.25, 0.3) is 0 Å². The highest BCUT2D eigenvalue weighted by atomic mass is 32.2. The summed E-state index contributed by atoms with van der Waals surface area (Å²) in [4.78, 5) is 24.8. The van der Waals surface area contributed by atoms with Crippen molar-refractivity contribution in [1.82, 2.24) is 4.31 Å². The van der Waals surface area contributed by atoms with Gasteiger partial charge in [-0.25, -0.2) is 17.5 Å². The third kappa shape index (κ3) is 3.93. The Hall–Kier alpha value is -2.71. The average molecular weight is 403 g/mol. The Balaban J connectivity index is 1.89. The maximum Gasteiger partial charge on any atom is 0.338 e. The molecule has 0 bridgehead atoms. The Morgan fingerprint density at radius 2 is 1.79 bits per heavy atom. The fourth-order valence-corrected chi connectivity index (χ4v) is 4.77. The molecule has 0 unspecified atom stereocenters. The summed E-state index contributed by atoms with van der Waals surface area (Å²) in [7, 11) is -4.19. The number of sulfonamides is 1. The molecule has 2 atom stereocenters. The van der Waals surface area contributed by atoms with Crippen molar-refractivity contribution in [2.45, 2.75) is 36.8 Å². The number of esters is 1. The van der Waals surface area contributed by atoms with E-state index in [0.717, 1.165) is 5.56 Å². The smallest absolute Gasteiger partial charge is 0.338 e. The highest BCUT2D eigenvalue weighted by molar-refractivity contribution is 7.89. The van der Waals surface area contributed by atoms with Crippen LogP contribution in [0.4, 0.5) is 0 Å². The minimum atomic E-state index is -4.19. The summed E-state index contributed by atoms with van der Waals surface area (Å²) in [5, 5.41) is 9.84. The third-order valence-electron chi connectivity index (χ3n) is 4.65. The van der Waals surface area contributed by atoms with Gasteiger partial charge in [0.2, 0.25) is 5.91 Å². The summed E-state index contributed by atoms with van der Waals surface area (Å²) in [5.41, 5.74) is 1.18. The van der Waals surface area contributed by atoms with Crippen molar-refractivity contribution in [3.8, 4) is 0 Å². The van der Waals surface area contributed by atoms with Crippen LogP contribution in [-0.4, -0.2) is 48.5 Å². The number of hydrogen-bond donors (Lipinski definition) is 1. The van der Waals surface area contributed by atoms with Gasteiger partial charge in [0.25, 0.3) is 10.0 Å².